The first-order chi connectivity index (χ1) is 9.24. The van der Waals surface area contributed by atoms with Crippen LogP contribution in [0.25, 0.3) is 0 Å². The van der Waals surface area contributed by atoms with Crippen LogP contribution in [0.3, 0.4) is 0 Å². The van der Waals surface area contributed by atoms with Gasteiger partial charge < -0.3 is 10.8 Å². The van der Waals surface area contributed by atoms with Gasteiger partial charge in [0.05, 0.1) is 12.1 Å². The zero-order valence-electron chi connectivity index (χ0n) is 11.6. The second-order valence-electron chi connectivity index (χ2n) is 5.66. The van der Waals surface area contributed by atoms with Gasteiger partial charge in [-0.25, -0.2) is 0 Å². The molecule has 1 atom stereocenters. The predicted molar refractivity (Wildman–Crippen MR) is 83.3 cm³/mol. The van der Waals surface area contributed by atoms with Crippen LogP contribution in [0.5, 0.6) is 0 Å². The fraction of sp³-hybridized carbons (Fsp3) is 0.625. The fourth-order valence-corrected chi connectivity index (χ4v) is 4.11. The highest BCUT2D eigenvalue weighted by atomic mass is 32.2. The molecule has 19 heavy (non-hydrogen) atoms. The summed E-state index contributed by atoms with van der Waals surface area (Å²) < 4.78 is 0. The molecule has 1 aromatic rings. The number of thioether (sulfide) groups is 1. The topological polar surface area (TPSA) is 46.2 Å². The summed E-state index contributed by atoms with van der Waals surface area (Å²) in [4.78, 5) is 0. The van der Waals surface area contributed by atoms with Gasteiger partial charge in [0.25, 0.3) is 0 Å². The number of nitrogens with two attached hydrogens (primary N) is 1. The minimum atomic E-state index is -0.579. The Morgan fingerprint density at radius 3 is 2.53 bits per heavy atom. The van der Waals surface area contributed by atoms with Crippen molar-refractivity contribution in [3.8, 4) is 0 Å². The van der Waals surface area contributed by atoms with Gasteiger partial charge in [0, 0.05) is 0 Å². The summed E-state index contributed by atoms with van der Waals surface area (Å²) in [5.41, 5.74) is 6.81. The Balaban J connectivity index is 1.78. The third-order valence-electron chi connectivity index (χ3n) is 4.15. The molecule has 1 aliphatic carbocycles. The highest BCUT2D eigenvalue weighted by Crippen LogP contribution is 2.29. The van der Waals surface area contributed by atoms with Gasteiger partial charge >= 0.3 is 0 Å². The van der Waals surface area contributed by atoms with E-state index in [9.17, 15) is 5.11 Å². The quantitative estimate of drug-likeness (QED) is 0.754. The Morgan fingerprint density at radius 2 is 1.89 bits per heavy atom. The molecule has 0 spiro atoms. The van der Waals surface area contributed by atoms with E-state index in [-0.39, 0.29) is 6.61 Å². The average Bonchev–Trinajstić information content (AvgIpc) is 2.97. The van der Waals surface area contributed by atoms with Crippen molar-refractivity contribution in [2.45, 2.75) is 37.6 Å². The molecule has 1 aliphatic rings. The van der Waals surface area contributed by atoms with Crippen molar-refractivity contribution in [1.29, 1.82) is 0 Å². The molecule has 2 nitrogen and oxygen atoms in total. The molecule has 1 aromatic carbocycles. The number of rotatable bonds is 7. The third kappa shape index (κ3) is 4.23. The van der Waals surface area contributed by atoms with E-state index in [1.165, 1.54) is 31.4 Å². The van der Waals surface area contributed by atoms with Crippen LogP contribution >= 0.6 is 11.8 Å². The Morgan fingerprint density at radius 1 is 1.21 bits per heavy atom. The van der Waals surface area contributed by atoms with Gasteiger partial charge in [-0.2, -0.15) is 11.8 Å². The average molecular weight is 279 g/mol. The summed E-state index contributed by atoms with van der Waals surface area (Å²) in [5, 5.41) is 9.62. The van der Waals surface area contributed by atoms with Crippen LogP contribution in [0.4, 0.5) is 0 Å². The minimum absolute atomic E-state index is 0.0149. The van der Waals surface area contributed by atoms with E-state index in [1.807, 2.05) is 42.1 Å². The molecule has 0 saturated heterocycles. The number of hydrogen-bond acceptors (Lipinski definition) is 3. The molecule has 3 heteroatoms. The van der Waals surface area contributed by atoms with Gasteiger partial charge in [0.1, 0.15) is 0 Å². The van der Waals surface area contributed by atoms with Crippen LogP contribution in [0.1, 0.15) is 37.7 Å². The fourth-order valence-electron chi connectivity index (χ4n) is 2.77. The number of aliphatic hydroxyl groups excluding tert-OH is 1. The van der Waals surface area contributed by atoms with Crippen LogP contribution in [0.15, 0.2) is 30.3 Å². The van der Waals surface area contributed by atoms with Crippen LogP contribution in [-0.4, -0.2) is 23.2 Å². The zero-order chi connectivity index (χ0) is 13.6. The van der Waals surface area contributed by atoms with E-state index in [0.29, 0.717) is 0 Å². The van der Waals surface area contributed by atoms with E-state index < -0.39 is 5.54 Å². The summed E-state index contributed by atoms with van der Waals surface area (Å²) in [5.74, 6) is 3.21. The van der Waals surface area contributed by atoms with Crippen LogP contribution in [0.2, 0.25) is 0 Å². The van der Waals surface area contributed by atoms with Crippen molar-refractivity contribution >= 4 is 11.8 Å². The summed E-state index contributed by atoms with van der Waals surface area (Å²) in [6.07, 6.45) is 6.46. The van der Waals surface area contributed by atoms with Gasteiger partial charge in [-0.3, -0.25) is 0 Å². The van der Waals surface area contributed by atoms with Crippen molar-refractivity contribution < 1.29 is 5.11 Å². The highest BCUT2D eigenvalue weighted by molar-refractivity contribution is 7.99. The van der Waals surface area contributed by atoms with Gasteiger partial charge in [-0.1, -0.05) is 43.2 Å². The number of aliphatic hydroxyl groups is 1. The molecular weight excluding hydrogens is 254 g/mol. The first kappa shape index (κ1) is 14.9. The molecule has 1 unspecified atom stereocenters. The Kier molecular flexibility index (Phi) is 5.74. The standard InChI is InChI=1S/C16H25NOS/c17-16(13-18,15-8-2-1-3-9-15)10-11-19-12-14-6-4-5-7-14/h1-3,8-9,14,18H,4-7,10-13,17H2. The molecule has 3 N–H and O–H groups in total. The Bertz CT molecular complexity index is 364. The smallest absolute Gasteiger partial charge is 0.0653 e. The Hall–Kier alpha value is -0.510. The highest BCUT2D eigenvalue weighted by Gasteiger charge is 2.26. The van der Waals surface area contributed by atoms with Gasteiger partial charge in [0.2, 0.25) is 0 Å². The van der Waals surface area contributed by atoms with Crippen LogP contribution < -0.4 is 5.73 Å². The molecule has 106 valence electrons. The maximum absolute atomic E-state index is 9.62. The first-order valence-electron chi connectivity index (χ1n) is 7.27. The minimum Gasteiger partial charge on any atom is -0.394 e. The molecule has 1 saturated carbocycles. The van der Waals surface area contributed by atoms with E-state index in [2.05, 4.69) is 0 Å². The maximum atomic E-state index is 9.62. The molecular formula is C16H25NOS. The molecule has 0 aliphatic heterocycles. The van der Waals surface area contributed by atoms with Gasteiger partial charge in [-0.05, 0) is 42.2 Å². The lowest BCUT2D eigenvalue weighted by molar-refractivity contribution is 0.193. The molecule has 0 heterocycles. The lowest BCUT2D eigenvalue weighted by atomic mass is 9.89. The van der Waals surface area contributed by atoms with Crippen molar-refractivity contribution in [3.63, 3.8) is 0 Å². The maximum Gasteiger partial charge on any atom is 0.0653 e. The molecule has 2 rings (SSSR count). The lowest BCUT2D eigenvalue weighted by Crippen LogP contribution is -2.41. The van der Waals surface area contributed by atoms with Gasteiger partial charge in [-0.15, -0.1) is 0 Å². The SMILES string of the molecule is NC(CO)(CCSCC1CCCC1)c1ccccc1. The number of hydrogen-bond donors (Lipinski definition) is 2. The second-order valence-corrected chi connectivity index (χ2v) is 6.81. The van der Waals surface area contributed by atoms with Crippen molar-refractivity contribution in [2.24, 2.45) is 11.7 Å². The van der Waals surface area contributed by atoms with E-state index in [4.69, 9.17) is 5.73 Å². The Labute approximate surface area is 120 Å². The van der Waals surface area contributed by atoms with Crippen molar-refractivity contribution in [3.05, 3.63) is 35.9 Å². The van der Waals surface area contributed by atoms with E-state index in [0.717, 1.165) is 23.7 Å². The summed E-state index contributed by atoms with van der Waals surface area (Å²) in [6, 6.07) is 9.97. The first-order valence-corrected chi connectivity index (χ1v) is 8.43. The largest absolute Gasteiger partial charge is 0.394 e. The molecule has 0 radical (unpaired) electrons. The van der Waals surface area contributed by atoms with Crippen molar-refractivity contribution in [2.75, 3.05) is 18.1 Å². The van der Waals surface area contributed by atoms with Gasteiger partial charge in [0.15, 0.2) is 0 Å². The molecule has 0 aromatic heterocycles. The lowest BCUT2D eigenvalue weighted by Gasteiger charge is -2.28. The number of benzene rings is 1. The molecule has 1 fully saturated rings. The zero-order valence-corrected chi connectivity index (χ0v) is 12.4. The van der Waals surface area contributed by atoms with Crippen LogP contribution in [0, 0.1) is 5.92 Å². The van der Waals surface area contributed by atoms with E-state index >= 15 is 0 Å². The second kappa shape index (κ2) is 7.32. The normalized spacial score (nSPS) is 19.5. The van der Waals surface area contributed by atoms with Crippen molar-refractivity contribution in [1.82, 2.24) is 0 Å². The van der Waals surface area contributed by atoms with E-state index in [1.54, 1.807) is 0 Å². The summed E-state index contributed by atoms with van der Waals surface area (Å²) in [7, 11) is 0. The molecule has 0 amide bonds. The third-order valence-corrected chi connectivity index (χ3v) is 5.35. The predicted octanol–water partition coefficient (Wildman–Crippen LogP) is 3.15. The summed E-state index contributed by atoms with van der Waals surface area (Å²) in [6.45, 7) is 0.0149. The monoisotopic (exact) mass is 279 g/mol. The summed E-state index contributed by atoms with van der Waals surface area (Å²) >= 11 is 2.00. The molecule has 0 bridgehead atoms. The van der Waals surface area contributed by atoms with Crippen LogP contribution in [-0.2, 0) is 5.54 Å².